The molecule has 0 heterocycles. The minimum atomic E-state index is -1.16. The highest BCUT2D eigenvalue weighted by molar-refractivity contribution is 5.96. The highest BCUT2D eigenvalue weighted by Gasteiger charge is 2.29. The molecule has 0 unspecified atom stereocenters. The van der Waals surface area contributed by atoms with Gasteiger partial charge in [-0.1, -0.05) is 19.9 Å². The van der Waals surface area contributed by atoms with Gasteiger partial charge in [-0.3, -0.25) is 10.1 Å². The van der Waals surface area contributed by atoms with E-state index in [1.165, 1.54) is 18.2 Å². The molecular formula is C15H20N2O4. The number of hydrogen-bond acceptors (Lipinski definition) is 4. The molecule has 1 aromatic carbocycles. The third kappa shape index (κ3) is 3.51. The largest absolute Gasteiger partial charge is 0.478 e. The molecule has 0 aromatic heterocycles. The molecule has 0 radical (unpaired) electrons. The Kier molecular flexibility index (Phi) is 4.16. The Balaban J connectivity index is 2.26. The first-order chi connectivity index (χ1) is 9.80. The SMILES string of the molecule is CC1(C)CCC(Nc2c(C(=O)O)cccc2[N+](=O)[O-])CC1. The maximum absolute atomic E-state index is 11.3. The lowest BCUT2D eigenvalue weighted by molar-refractivity contribution is -0.384. The van der Waals surface area contributed by atoms with Crippen molar-refractivity contribution in [2.45, 2.75) is 45.6 Å². The Morgan fingerprint density at radius 2 is 2.00 bits per heavy atom. The zero-order valence-electron chi connectivity index (χ0n) is 12.3. The number of benzene rings is 1. The summed E-state index contributed by atoms with van der Waals surface area (Å²) in [6.07, 6.45) is 3.82. The number of rotatable bonds is 4. The van der Waals surface area contributed by atoms with Gasteiger partial charge in [-0.2, -0.15) is 0 Å². The molecule has 0 atom stereocenters. The molecule has 0 aliphatic heterocycles. The smallest absolute Gasteiger partial charge is 0.338 e. The first-order valence-electron chi connectivity index (χ1n) is 7.07. The molecule has 1 aromatic rings. The van der Waals surface area contributed by atoms with Crippen LogP contribution in [0, 0.1) is 15.5 Å². The van der Waals surface area contributed by atoms with Crippen molar-refractivity contribution >= 4 is 17.3 Å². The van der Waals surface area contributed by atoms with Crippen molar-refractivity contribution in [2.24, 2.45) is 5.41 Å². The molecule has 2 rings (SSSR count). The van der Waals surface area contributed by atoms with Crippen LogP contribution in [0.4, 0.5) is 11.4 Å². The van der Waals surface area contributed by atoms with E-state index in [1.54, 1.807) is 0 Å². The second-order valence-corrected chi connectivity index (χ2v) is 6.34. The van der Waals surface area contributed by atoms with E-state index in [1.807, 2.05) is 0 Å². The number of carboxylic acids is 1. The Bertz CT molecular complexity index is 527. The number of hydrogen-bond donors (Lipinski definition) is 2. The number of anilines is 1. The van der Waals surface area contributed by atoms with Gasteiger partial charge in [0.05, 0.1) is 10.5 Å². The summed E-state index contributed by atoms with van der Waals surface area (Å²) in [5, 5.41) is 23.4. The summed E-state index contributed by atoms with van der Waals surface area (Å²) < 4.78 is 0. The van der Waals surface area contributed by atoms with Gasteiger partial charge < -0.3 is 10.4 Å². The van der Waals surface area contributed by atoms with E-state index in [0.717, 1.165) is 25.7 Å². The van der Waals surface area contributed by atoms with Crippen molar-refractivity contribution in [3.05, 3.63) is 33.9 Å². The second kappa shape index (κ2) is 5.71. The zero-order valence-corrected chi connectivity index (χ0v) is 12.3. The topological polar surface area (TPSA) is 92.5 Å². The number of aromatic carboxylic acids is 1. The molecule has 1 aliphatic rings. The van der Waals surface area contributed by atoms with Crippen molar-refractivity contribution in [3.63, 3.8) is 0 Å². The molecular weight excluding hydrogens is 272 g/mol. The highest BCUT2D eigenvalue weighted by Crippen LogP contribution is 2.38. The predicted molar refractivity (Wildman–Crippen MR) is 79.7 cm³/mol. The number of para-hydroxylation sites is 1. The maximum Gasteiger partial charge on any atom is 0.338 e. The Morgan fingerprint density at radius 3 is 2.52 bits per heavy atom. The van der Waals surface area contributed by atoms with Gasteiger partial charge in [-0.05, 0) is 37.2 Å². The normalized spacial score (nSPS) is 18.2. The van der Waals surface area contributed by atoms with E-state index < -0.39 is 10.9 Å². The average molecular weight is 292 g/mol. The van der Waals surface area contributed by atoms with Gasteiger partial charge in [0.25, 0.3) is 5.69 Å². The van der Waals surface area contributed by atoms with E-state index in [0.29, 0.717) is 0 Å². The lowest BCUT2D eigenvalue weighted by atomic mass is 9.75. The molecule has 6 nitrogen and oxygen atoms in total. The average Bonchev–Trinajstić information content (AvgIpc) is 2.40. The van der Waals surface area contributed by atoms with Gasteiger partial charge in [-0.15, -0.1) is 0 Å². The molecule has 21 heavy (non-hydrogen) atoms. The summed E-state index contributed by atoms with van der Waals surface area (Å²) in [5.41, 5.74) is 0.185. The van der Waals surface area contributed by atoms with Gasteiger partial charge in [0.15, 0.2) is 0 Å². The summed E-state index contributed by atoms with van der Waals surface area (Å²) >= 11 is 0. The van der Waals surface area contributed by atoms with Crippen LogP contribution in [0.2, 0.25) is 0 Å². The molecule has 1 fully saturated rings. The van der Waals surface area contributed by atoms with Crippen LogP contribution in [0.25, 0.3) is 0 Å². The summed E-state index contributed by atoms with van der Waals surface area (Å²) in [5.74, 6) is -1.16. The van der Waals surface area contributed by atoms with Gasteiger partial charge in [-0.25, -0.2) is 4.79 Å². The van der Waals surface area contributed by atoms with Gasteiger partial charge >= 0.3 is 5.97 Å². The fraction of sp³-hybridized carbons (Fsp3) is 0.533. The molecule has 0 bridgehead atoms. The fourth-order valence-electron chi connectivity index (χ4n) is 2.77. The molecule has 0 amide bonds. The number of nitro groups is 1. The molecule has 114 valence electrons. The summed E-state index contributed by atoms with van der Waals surface area (Å²) in [6, 6.07) is 4.21. The monoisotopic (exact) mass is 292 g/mol. The van der Waals surface area contributed by atoms with E-state index in [2.05, 4.69) is 19.2 Å². The van der Waals surface area contributed by atoms with Crippen molar-refractivity contribution in [2.75, 3.05) is 5.32 Å². The number of nitro benzene ring substituents is 1. The van der Waals surface area contributed by atoms with Crippen LogP contribution in [-0.4, -0.2) is 22.0 Å². The molecule has 0 spiro atoms. The molecule has 1 aliphatic carbocycles. The third-order valence-electron chi connectivity index (χ3n) is 4.16. The van der Waals surface area contributed by atoms with Crippen LogP contribution in [0.3, 0.4) is 0 Å². The molecule has 2 N–H and O–H groups in total. The van der Waals surface area contributed by atoms with Crippen molar-refractivity contribution < 1.29 is 14.8 Å². The molecule has 1 saturated carbocycles. The van der Waals surface area contributed by atoms with Crippen LogP contribution in [0.1, 0.15) is 49.9 Å². The Hall–Kier alpha value is -2.11. The van der Waals surface area contributed by atoms with E-state index >= 15 is 0 Å². The number of carbonyl (C=O) groups is 1. The first-order valence-corrected chi connectivity index (χ1v) is 7.07. The van der Waals surface area contributed by atoms with Crippen LogP contribution in [0.5, 0.6) is 0 Å². The lowest BCUT2D eigenvalue weighted by Crippen LogP contribution is -2.30. The van der Waals surface area contributed by atoms with Crippen molar-refractivity contribution in [1.29, 1.82) is 0 Å². The third-order valence-corrected chi connectivity index (χ3v) is 4.16. The zero-order chi connectivity index (χ0) is 15.6. The van der Waals surface area contributed by atoms with Crippen LogP contribution in [-0.2, 0) is 0 Å². The van der Waals surface area contributed by atoms with E-state index in [-0.39, 0.29) is 28.4 Å². The highest BCUT2D eigenvalue weighted by atomic mass is 16.6. The van der Waals surface area contributed by atoms with Crippen molar-refractivity contribution in [3.8, 4) is 0 Å². The van der Waals surface area contributed by atoms with E-state index in [4.69, 9.17) is 0 Å². The number of carboxylic acid groups (broad SMARTS) is 1. The minimum Gasteiger partial charge on any atom is -0.478 e. The van der Waals surface area contributed by atoms with Crippen molar-refractivity contribution in [1.82, 2.24) is 0 Å². The second-order valence-electron chi connectivity index (χ2n) is 6.34. The maximum atomic E-state index is 11.3. The summed E-state index contributed by atoms with van der Waals surface area (Å²) in [7, 11) is 0. The summed E-state index contributed by atoms with van der Waals surface area (Å²) in [4.78, 5) is 21.9. The summed E-state index contributed by atoms with van der Waals surface area (Å²) in [6.45, 7) is 4.41. The predicted octanol–water partition coefficient (Wildman–Crippen LogP) is 3.67. The number of nitrogens with one attached hydrogen (secondary N) is 1. The Labute approximate surface area is 123 Å². The quantitative estimate of drug-likeness (QED) is 0.652. The van der Waals surface area contributed by atoms with Crippen LogP contribution >= 0.6 is 0 Å². The first kappa shape index (κ1) is 15.3. The van der Waals surface area contributed by atoms with Gasteiger partial charge in [0.1, 0.15) is 5.69 Å². The fourth-order valence-corrected chi connectivity index (χ4v) is 2.77. The van der Waals surface area contributed by atoms with Crippen LogP contribution in [0.15, 0.2) is 18.2 Å². The Morgan fingerprint density at radius 1 is 1.38 bits per heavy atom. The van der Waals surface area contributed by atoms with E-state index in [9.17, 15) is 20.0 Å². The molecule has 0 saturated heterocycles. The lowest BCUT2D eigenvalue weighted by Gasteiger charge is -2.35. The number of nitrogens with zero attached hydrogens (tertiary/aromatic N) is 1. The van der Waals surface area contributed by atoms with Crippen LogP contribution < -0.4 is 5.32 Å². The molecule has 6 heteroatoms. The van der Waals surface area contributed by atoms with Gasteiger partial charge in [0.2, 0.25) is 0 Å². The minimum absolute atomic E-state index is 0.0472. The van der Waals surface area contributed by atoms with Gasteiger partial charge in [0, 0.05) is 12.1 Å². The standard InChI is InChI=1S/C15H20N2O4/c1-15(2)8-6-10(7-9-15)16-13-11(14(18)19)4-3-5-12(13)17(20)21/h3-5,10,16H,6-9H2,1-2H3,(H,18,19).